The van der Waals surface area contributed by atoms with E-state index in [9.17, 15) is 18.4 Å². The van der Waals surface area contributed by atoms with Crippen molar-refractivity contribution < 1.29 is 17.9 Å². The van der Waals surface area contributed by atoms with Crippen molar-refractivity contribution >= 4 is 0 Å². The van der Waals surface area contributed by atoms with E-state index in [4.69, 9.17) is 0 Å². The number of hydrogen-bond acceptors (Lipinski definition) is 1. The first kappa shape index (κ1) is 13.4. The number of aryl methyl sites for hydroxylation is 1. The number of pyridine rings is 1. The molecule has 19 heavy (non-hydrogen) atoms. The summed E-state index contributed by atoms with van der Waals surface area (Å²) in [4.78, 5) is 0. The summed E-state index contributed by atoms with van der Waals surface area (Å²) in [5.74, 6) is 0. The third-order valence-electron chi connectivity index (χ3n) is 2.99. The van der Waals surface area contributed by atoms with E-state index >= 15 is 0 Å². The number of halogens is 3. The minimum atomic E-state index is -4.47. The largest absolute Gasteiger partial charge is 0.618 e. The zero-order chi connectivity index (χ0) is 14.2. The Kier molecular flexibility index (Phi) is 3.22. The van der Waals surface area contributed by atoms with E-state index in [0.717, 1.165) is 6.07 Å². The molecule has 0 unspecified atom stereocenters. The van der Waals surface area contributed by atoms with Gasteiger partial charge in [-0.2, -0.15) is 17.9 Å². The fourth-order valence-electron chi connectivity index (χ4n) is 2.06. The molecule has 2 rings (SSSR count). The number of hydrogen-bond donors (Lipinski definition) is 0. The normalized spacial score (nSPS) is 11.6. The first-order valence-electron chi connectivity index (χ1n) is 5.68. The van der Waals surface area contributed by atoms with Crippen LogP contribution in [0, 0.1) is 19.1 Å². The molecule has 0 aliphatic rings. The average molecular weight is 267 g/mol. The summed E-state index contributed by atoms with van der Waals surface area (Å²) in [5, 5.41) is 12.0. The Morgan fingerprint density at radius 3 is 2.16 bits per heavy atom. The molecule has 1 heterocycles. The third kappa shape index (κ3) is 2.41. The zero-order valence-corrected chi connectivity index (χ0v) is 10.5. The highest BCUT2D eigenvalue weighted by atomic mass is 19.4. The van der Waals surface area contributed by atoms with Crippen LogP contribution in [0.25, 0.3) is 11.3 Å². The summed E-state index contributed by atoms with van der Waals surface area (Å²) in [6, 6.07) is 9.24. The summed E-state index contributed by atoms with van der Waals surface area (Å²) in [5.41, 5.74) is -0.274. The summed E-state index contributed by atoms with van der Waals surface area (Å²) < 4.78 is 39.4. The molecule has 0 saturated heterocycles. The van der Waals surface area contributed by atoms with Crippen molar-refractivity contribution in [2.75, 3.05) is 0 Å². The predicted molar refractivity (Wildman–Crippen MR) is 65.3 cm³/mol. The van der Waals surface area contributed by atoms with Crippen molar-refractivity contribution in [1.82, 2.24) is 0 Å². The molecule has 2 aromatic rings. The average Bonchev–Trinajstić information content (AvgIpc) is 2.34. The number of aromatic nitrogens is 1. The van der Waals surface area contributed by atoms with Crippen LogP contribution in [0.4, 0.5) is 13.2 Å². The quantitative estimate of drug-likeness (QED) is 0.572. The topological polar surface area (TPSA) is 26.9 Å². The lowest BCUT2D eigenvalue weighted by atomic mass is 10.0. The highest BCUT2D eigenvalue weighted by Gasteiger charge is 2.36. The van der Waals surface area contributed by atoms with Gasteiger partial charge in [-0.25, -0.2) is 0 Å². The van der Waals surface area contributed by atoms with E-state index in [1.54, 1.807) is 30.3 Å². The number of benzene rings is 1. The van der Waals surface area contributed by atoms with Gasteiger partial charge in [-0.05, 0) is 19.1 Å². The predicted octanol–water partition coefficient (Wildman–Crippen LogP) is 3.62. The maximum Gasteiger partial charge on any atom is 0.417 e. The van der Waals surface area contributed by atoms with Gasteiger partial charge in [-0.15, -0.1) is 0 Å². The smallest absolute Gasteiger partial charge is 0.417 e. The van der Waals surface area contributed by atoms with Crippen molar-refractivity contribution in [2.24, 2.45) is 0 Å². The Balaban J connectivity index is 2.77. The Labute approximate surface area is 108 Å². The van der Waals surface area contributed by atoms with Crippen LogP contribution in [0.1, 0.15) is 16.8 Å². The zero-order valence-electron chi connectivity index (χ0n) is 10.5. The lowest BCUT2D eigenvalue weighted by Crippen LogP contribution is -2.35. The molecule has 0 radical (unpaired) electrons. The van der Waals surface area contributed by atoms with Gasteiger partial charge in [0.05, 0.1) is 5.56 Å². The molecule has 0 fully saturated rings. The van der Waals surface area contributed by atoms with E-state index in [0.29, 0.717) is 10.3 Å². The Hall–Kier alpha value is -2.04. The van der Waals surface area contributed by atoms with Crippen molar-refractivity contribution in [2.45, 2.75) is 20.0 Å². The van der Waals surface area contributed by atoms with Gasteiger partial charge >= 0.3 is 6.18 Å². The fraction of sp³-hybridized carbons (Fsp3) is 0.214. The molecule has 0 atom stereocenters. The Morgan fingerprint density at radius 1 is 1.05 bits per heavy atom. The molecule has 0 saturated carbocycles. The monoisotopic (exact) mass is 267 g/mol. The molecule has 1 aromatic heterocycles. The first-order valence-corrected chi connectivity index (χ1v) is 5.68. The highest BCUT2D eigenvalue weighted by molar-refractivity contribution is 5.61. The van der Waals surface area contributed by atoms with Crippen LogP contribution in [0.15, 0.2) is 36.4 Å². The van der Waals surface area contributed by atoms with E-state index in [1.807, 2.05) is 0 Å². The second kappa shape index (κ2) is 4.57. The fourth-order valence-corrected chi connectivity index (χ4v) is 2.06. The SMILES string of the molecule is Cc1c(C(F)(F)F)cc(C)[n+]([O-])c1-c1ccccc1. The minimum Gasteiger partial charge on any atom is -0.618 e. The van der Waals surface area contributed by atoms with Crippen LogP contribution in [-0.2, 0) is 6.18 Å². The molecule has 0 spiro atoms. The minimum absolute atomic E-state index is 0.0248. The maximum absolute atomic E-state index is 12.9. The molecule has 0 amide bonds. The molecular formula is C14H12F3NO. The van der Waals surface area contributed by atoms with E-state index in [-0.39, 0.29) is 17.0 Å². The van der Waals surface area contributed by atoms with Crippen molar-refractivity contribution in [3.8, 4) is 11.3 Å². The highest BCUT2D eigenvalue weighted by Crippen LogP contribution is 2.35. The molecule has 0 aliphatic heterocycles. The standard InChI is InChI=1S/C14H12F3NO/c1-9-8-12(14(15,16)17)10(2)13(18(9)19)11-6-4-3-5-7-11/h3-8H,1-2H3. The summed E-state index contributed by atoms with van der Waals surface area (Å²) in [6.45, 7) is 2.69. The van der Waals surface area contributed by atoms with Gasteiger partial charge in [-0.3, -0.25) is 0 Å². The lowest BCUT2D eigenvalue weighted by molar-refractivity contribution is -0.601. The van der Waals surface area contributed by atoms with Crippen molar-refractivity contribution in [3.05, 3.63) is 58.4 Å². The molecular weight excluding hydrogens is 255 g/mol. The summed E-state index contributed by atoms with van der Waals surface area (Å²) in [7, 11) is 0. The molecule has 0 bridgehead atoms. The molecule has 1 aromatic carbocycles. The van der Waals surface area contributed by atoms with E-state index in [1.165, 1.54) is 13.8 Å². The lowest BCUT2D eigenvalue weighted by Gasteiger charge is -2.15. The second-order valence-electron chi connectivity index (χ2n) is 4.33. The molecule has 0 aliphatic carbocycles. The van der Waals surface area contributed by atoms with Crippen molar-refractivity contribution in [1.29, 1.82) is 0 Å². The van der Waals surface area contributed by atoms with Crippen LogP contribution in [-0.4, -0.2) is 0 Å². The molecule has 5 heteroatoms. The Bertz CT molecular complexity index is 606. The van der Waals surface area contributed by atoms with Crippen LogP contribution in [0.5, 0.6) is 0 Å². The van der Waals surface area contributed by atoms with Gasteiger partial charge < -0.3 is 5.21 Å². The molecule has 100 valence electrons. The molecule has 0 N–H and O–H groups in total. The van der Waals surface area contributed by atoms with Gasteiger partial charge in [0.2, 0.25) is 5.69 Å². The molecule has 2 nitrogen and oxygen atoms in total. The van der Waals surface area contributed by atoms with Gasteiger partial charge in [0.15, 0.2) is 5.69 Å². The van der Waals surface area contributed by atoms with Gasteiger partial charge in [0, 0.05) is 24.1 Å². The third-order valence-corrected chi connectivity index (χ3v) is 2.99. The van der Waals surface area contributed by atoms with Gasteiger partial charge in [0.25, 0.3) is 0 Å². The number of rotatable bonds is 1. The van der Waals surface area contributed by atoms with Crippen LogP contribution in [0.3, 0.4) is 0 Å². The van der Waals surface area contributed by atoms with Crippen LogP contribution in [0.2, 0.25) is 0 Å². The van der Waals surface area contributed by atoms with E-state index < -0.39 is 11.7 Å². The summed E-state index contributed by atoms with van der Waals surface area (Å²) >= 11 is 0. The van der Waals surface area contributed by atoms with Gasteiger partial charge in [0.1, 0.15) is 0 Å². The second-order valence-corrected chi connectivity index (χ2v) is 4.33. The number of nitrogens with zero attached hydrogens (tertiary/aromatic N) is 1. The van der Waals surface area contributed by atoms with Crippen LogP contribution < -0.4 is 4.73 Å². The van der Waals surface area contributed by atoms with Crippen LogP contribution >= 0.6 is 0 Å². The van der Waals surface area contributed by atoms with Gasteiger partial charge in [-0.1, -0.05) is 18.2 Å². The first-order chi connectivity index (χ1) is 8.82. The maximum atomic E-state index is 12.9. The van der Waals surface area contributed by atoms with E-state index in [2.05, 4.69) is 0 Å². The summed E-state index contributed by atoms with van der Waals surface area (Å²) in [6.07, 6.45) is -4.47. The van der Waals surface area contributed by atoms with Crippen molar-refractivity contribution in [3.63, 3.8) is 0 Å². The number of alkyl halides is 3. The Morgan fingerprint density at radius 2 is 1.63 bits per heavy atom.